The minimum absolute atomic E-state index is 0.153. The molecule has 1 aliphatic rings. The van der Waals surface area contributed by atoms with Crippen molar-refractivity contribution in [1.29, 1.82) is 0 Å². The summed E-state index contributed by atoms with van der Waals surface area (Å²) in [6, 6.07) is 9.70. The van der Waals surface area contributed by atoms with E-state index in [0.29, 0.717) is 17.7 Å². The fraction of sp³-hybridized carbons (Fsp3) is 0.400. The molecule has 0 fully saturated rings. The molecule has 0 atom stereocenters. The Morgan fingerprint density at radius 2 is 1.67 bits per heavy atom. The standard InChI is InChI=1S/C20H24N2O2/c1-3-5-11-21-17-13-16-18(15-10-8-7-9-14(15)17)20(24)22(19(16)23)12-6-4-2/h7-10,13,21H,3-6,11-12H2,1-2H3. The number of carbonyl (C=O) groups is 2. The number of rotatable bonds is 7. The SMILES string of the molecule is CCCCNc1cc2c(c3ccccc13)C(=O)N(CCCC)C2=O. The molecule has 2 amide bonds. The lowest BCUT2D eigenvalue weighted by Crippen LogP contribution is -2.30. The van der Waals surface area contributed by atoms with Crippen molar-refractivity contribution in [3.8, 4) is 0 Å². The van der Waals surface area contributed by atoms with Crippen LogP contribution in [-0.4, -0.2) is 29.8 Å². The minimum atomic E-state index is -0.159. The number of benzene rings is 2. The molecule has 0 saturated heterocycles. The Morgan fingerprint density at radius 3 is 2.38 bits per heavy atom. The van der Waals surface area contributed by atoms with Crippen molar-refractivity contribution < 1.29 is 9.59 Å². The normalized spacial score (nSPS) is 13.7. The van der Waals surface area contributed by atoms with Crippen LogP contribution in [0.1, 0.15) is 60.2 Å². The second kappa shape index (κ2) is 7.04. The molecule has 0 unspecified atom stereocenters. The Labute approximate surface area is 142 Å². The zero-order valence-corrected chi connectivity index (χ0v) is 14.4. The summed E-state index contributed by atoms with van der Waals surface area (Å²) < 4.78 is 0. The predicted octanol–water partition coefficient (Wildman–Crippen LogP) is 4.45. The quantitative estimate of drug-likeness (QED) is 0.605. The van der Waals surface area contributed by atoms with E-state index < -0.39 is 0 Å². The molecule has 1 aliphatic heterocycles. The van der Waals surface area contributed by atoms with E-state index in [-0.39, 0.29) is 11.8 Å². The van der Waals surface area contributed by atoms with Crippen LogP contribution in [0.4, 0.5) is 5.69 Å². The fourth-order valence-corrected chi connectivity index (χ4v) is 3.21. The Kier molecular flexibility index (Phi) is 4.84. The van der Waals surface area contributed by atoms with Crippen LogP contribution in [0.2, 0.25) is 0 Å². The van der Waals surface area contributed by atoms with Crippen molar-refractivity contribution in [2.45, 2.75) is 39.5 Å². The lowest BCUT2D eigenvalue weighted by Gasteiger charge is -2.12. The van der Waals surface area contributed by atoms with Crippen LogP contribution in [0.15, 0.2) is 30.3 Å². The van der Waals surface area contributed by atoms with Gasteiger partial charge in [-0.25, -0.2) is 0 Å². The number of imide groups is 1. The van der Waals surface area contributed by atoms with Gasteiger partial charge in [0.1, 0.15) is 0 Å². The first-order chi connectivity index (χ1) is 11.7. The van der Waals surface area contributed by atoms with E-state index in [9.17, 15) is 9.59 Å². The largest absolute Gasteiger partial charge is 0.385 e. The molecule has 24 heavy (non-hydrogen) atoms. The first-order valence-electron chi connectivity index (χ1n) is 8.84. The molecule has 3 rings (SSSR count). The summed E-state index contributed by atoms with van der Waals surface area (Å²) in [6.07, 6.45) is 3.97. The van der Waals surface area contributed by atoms with E-state index in [0.717, 1.165) is 48.7 Å². The van der Waals surface area contributed by atoms with E-state index in [4.69, 9.17) is 0 Å². The summed E-state index contributed by atoms with van der Waals surface area (Å²) in [5.74, 6) is -0.312. The molecule has 126 valence electrons. The maximum atomic E-state index is 12.8. The van der Waals surface area contributed by atoms with Crippen molar-refractivity contribution in [3.63, 3.8) is 0 Å². The van der Waals surface area contributed by atoms with Crippen molar-refractivity contribution in [3.05, 3.63) is 41.5 Å². The van der Waals surface area contributed by atoms with Crippen LogP contribution < -0.4 is 5.32 Å². The maximum Gasteiger partial charge on any atom is 0.262 e. The molecule has 0 aromatic heterocycles. The second-order valence-electron chi connectivity index (χ2n) is 6.29. The summed E-state index contributed by atoms with van der Waals surface area (Å²) in [6.45, 7) is 5.57. The van der Waals surface area contributed by atoms with Gasteiger partial charge >= 0.3 is 0 Å². The van der Waals surface area contributed by atoms with Gasteiger partial charge in [0.2, 0.25) is 0 Å². The second-order valence-corrected chi connectivity index (χ2v) is 6.29. The third-order valence-corrected chi connectivity index (χ3v) is 4.56. The Bertz CT molecular complexity index is 783. The molecular formula is C20H24N2O2. The molecule has 1 N–H and O–H groups in total. The van der Waals surface area contributed by atoms with Crippen LogP contribution in [0.25, 0.3) is 10.8 Å². The number of unbranched alkanes of at least 4 members (excludes halogenated alkanes) is 2. The highest BCUT2D eigenvalue weighted by Crippen LogP contribution is 2.35. The number of amides is 2. The summed E-state index contributed by atoms with van der Waals surface area (Å²) in [7, 11) is 0. The number of fused-ring (bicyclic) bond motifs is 3. The van der Waals surface area contributed by atoms with E-state index in [1.54, 1.807) is 0 Å². The Morgan fingerprint density at radius 1 is 0.958 bits per heavy atom. The van der Waals surface area contributed by atoms with Gasteiger partial charge in [0.05, 0.1) is 11.1 Å². The topological polar surface area (TPSA) is 49.4 Å². The van der Waals surface area contributed by atoms with Gasteiger partial charge in [-0.05, 0) is 24.3 Å². The van der Waals surface area contributed by atoms with Crippen LogP contribution in [0.3, 0.4) is 0 Å². The van der Waals surface area contributed by atoms with Gasteiger partial charge in [-0.3, -0.25) is 14.5 Å². The highest BCUT2D eigenvalue weighted by Gasteiger charge is 2.37. The number of carbonyl (C=O) groups excluding carboxylic acids is 2. The van der Waals surface area contributed by atoms with Crippen LogP contribution in [0, 0.1) is 0 Å². The van der Waals surface area contributed by atoms with E-state index in [2.05, 4.69) is 19.2 Å². The van der Waals surface area contributed by atoms with Gasteiger partial charge in [0.25, 0.3) is 11.8 Å². The maximum absolute atomic E-state index is 12.8. The van der Waals surface area contributed by atoms with Gasteiger partial charge < -0.3 is 5.32 Å². The van der Waals surface area contributed by atoms with Crippen LogP contribution in [-0.2, 0) is 0 Å². The van der Waals surface area contributed by atoms with E-state index in [1.165, 1.54) is 4.90 Å². The summed E-state index contributed by atoms with van der Waals surface area (Å²) in [5, 5.41) is 5.30. The van der Waals surface area contributed by atoms with E-state index in [1.807, 2.05) is 30.3 Å². The highest BCUT2D eigenvalue weighted by atomic mass is 16.2. The molecule has 2 aromatic rings. The Balaban J connectivity index is 2.07. The fourth-order valence-electron chi connectivity index (χ4n) is 3.21. The average Bonchev–Trinajstić information content (AvgIpc) is 2.84. The first-order valence-corrected chi connectivity index (χ1v) is 8.84. The van der Waals surface area contributed by atoms with E-state index >= 15 is 0 Å². The molecule has 0 saturated carbocycles. The van der Waals surface area contributed by atoms with Crippen molar-refractivity contribution in [2.24, 2.45) is 0 Å². The van der Waals surface area contributed by atoms with Gasteiger partial charge in [0, 0.05) is 24.2 Å². The minimum Gasteiger partial charge on any atom is -0.385 e. The summed E-state index contributed by atoms with van der Waals surface area (Å²) >= 11 is 0. The molecular weight excluding hydrogens is 300 g/mol. The summed E-state index contributed by atoms with van der Waals surface area (Å²) in [4.78, 5) is 26.9. The van der Waals surface area contributed by atoms with Crippen LogP contribution >= 0.6 is 0 Å². The third kappa shape index (κ3) is 2.77. The van der Waals surface area contributed by atoms with Crippen molar-refractivity contribution >= 4 is 28.3 Å². The zero-order chi connectivity index (χ0) is 17.1. The lowest BCUT2D eigenvalue weighted by molar-refractivity contribution is 0.0653. The smallest absolute Gasteiger partial charge is 0.262 e. The number of hydrogen-bond acceptors (Lipinski definition) is 3. The predicted molar refractivity (Wildman–Crippen MR) is 97.6 cm³/mol. The number of nitrogens with one attached hydrogen (secondary N) is 1. The lowest BCUT2D eigenvalue weighted by atomic mass is 9.98. The molecule has 0 spiro atoms. The van der Waals surface area contributed by atoms with Crippen molar-refractivity contribution in [1.82, 2.24) is 4.90 Å². The van der Waals surface area contributed by atoms with Gasteiger partial charge in [-0.2, -0.15) is 0 Å². The monoisotopic (exact) mass is 324 g/mol. The third-order valence-electron chi connectivity index (χ3n) is 4.56. The number of hydrogen-bond donors (Lipinski definition) is 1. The van der Waals surface area contributed by atoms with Gasteiger partial charge in [-0.1, -0.05) is 51.0 Å². The molecule has 2 aromatic carbocycles. The molecule has 4 nitrogen and oxygen atoms in total. The number of nitrogens with zero attached hydrogens (tertiary/aromatic N) is 1. The highest BCUT2D eigenvalue weighted by molar-refractivity contribution is 6.27. The Hall–Kier alpha value is -2.36. The van der Waals surface area contributed by atoms with Crippen LogP contribution in [0.5, 0.6) is 0 Å². The first kappa shape index (κ1) is 16.5. The van der Waals surface area contributed by atoms with Gasteiger partial charge in [-0.15, -0.1) is 0 Å². The van der Waals surface area contributed by atoms with Gasteiger partial charge in [0.15, 0.2) is 0 Å². The molecule has 0 aliphatic carbocycles. The van der Waals surface area contributed by atoms with Crippen molar-refractivity contribution in [2.75, 3.05) is 18.4 Å². The molecule has 4 heteroatoms. The molecule has 0 radical (unpaired) electrons. The zero-order valence-electron chi connectivity index (χ0n) is 14.4. The number of anilines is 1. The average molecular weight is 324 g/mol. The molecule has 1 heterocycles. The summed E-state index contributed by atoms with van der Waals surface area (Å²) in [5.41, 5.74) is 2.04. The molecule has 0 bridgehead atoms.